The van der Waals surface area contributed by atoms with Crippen molar-refractivity contribution in [1.82, 2.24) is 4.98 Å². The van der Waals surface area contributed by atoms with Crippen molar-refractivity contribution in [2.24, 2.45) is 0 Å². The van der Waals surface area contributed by atoms with E-state index in [4.69, 9.17) is 14.6 Å². The second-order valence-electron chi connectivity index (χ2n) is 8.02. The van der Waals surface area contributed by atoms with Crippen molar-refractivity contribution in [2.45, 2.75) is 64.7 Å². The van der Waals surface area contributed by atoms with Gasteiger partial charge in [0.2, 0.25) is 0 Å². The molecular formula is C26H38N2O4. The summed E-state index contributed by atoms with van der Waals surface area (Å²) in [7, 11) is 1.61. The summed E-state index contributed by atoms with van der Waals surface area (Å²) >= 11 is 0. The molecule has 0 radical (unpaired) electrons. The van der Waals surface area contributed by atoms with E-state index in [0.717, 1.165) is 30.9 Å². The number of anilines is 1. The average Bonchev–Trinajstić information content (AvgIpc) is 2.81. The number of hydrogen-bond donors (Lipinski definition) is 1. The summed E-state index contributed by atoms with van der Waals surface area (Å²) in [5.74, 6) is 1.46. The molecule has 0 fully saturated rings. The molecule has 0 saturated carbocycles. The highest BCUT2D eigenvalue weighted by Gasteiger charge is 2.11. The van der Waals surface area contributed by atoms with Crippen LogP contribution in [-0.2, 0) is 11.2 Å². The van der Waals surface area contributed by atoms with Crippen molar-refractivity contribution >= 4 is 11.8 Å². The molecule has 0 aliphatic rings. The Hall–Kier alpha value is -2.76. The second-order valence-corrected chi connectivity index (χ2v) is 8.02. The first-order valence-corrected chi connectivity index (χ1v) is 11.8. The number of benzene rings is 1. The van der Waals surface area contributed by atoms with Gasteiger partial charge in [-0.2, -0.15) is 0 Å². The fourth-order valence-electron chi connectivity index (χ4n) is 3.65. The van der Waals surface area contributed by atoms with Gasteiger partial charge >= 0.3 is 5.97 Å². The molecule has 0 aliphatic carbocycles. The van der Waals surface area contributed by atoms with E-state index in [2.05, 4.69) is 16.8 Å². The Kier molecular flexibility index (Phi) is 12.0. The number of methoxy groups -OCH3 is 1. The van der Waals surface area contributed by atoms with Gasteiger partial charge in [0.15, 0.2) is 11.5 Å². The molecule has 176 valence electrons. The molecule has 32 heavy (non-hydrogen) atoms. The lowest BCUT2D eigenvalue weighted by Crippen LogP contribution is -2.30. The molecule has 0 aliphatic heterocycles. The van der Waals surface area contributed by atoms with Gasteiger partial charge in [-0.05, 0) is 42.7 Å². The maximum absolute atomic E-state index is 10.9. The van der Waals surface area contributed by atoms with Gasteiger partial charge < -0.3 is 19.5 Å². The molecule has 0 unspecified atom stereocenters. The molecule has 1 aromatic carbocycles. The van der Waals surface area contributed by atoms with Crippen LogP contribution in [0.15, 0.2) is 42.6 Å². The number of ether oxygens (including phenoxy) is 2. The Morgan fingerprint density at radius 3 is 2.47 bits per heavy atom. The van der Waals surface area contributed by atoms with Crippen molar-refractivity contribution < 1.29 is 19.4 Å². The normalized spacial score (nSPS) is 10.7. The first-order chi connectivity index (χ1) is 15.6. The monoisotopic (exact) mass is 442 g/mol. The highest BCUT2D eigenvalue weighted by Crippen LogP contribution is 2.28. The quantitative estimate of drug-likeness (QED) is 0.315. The smallest absolute Gasteiger partial charge is 0.303 e. The van der Waals surface area contributed by atoms with Gasteiger partial charge in [0.1, 0.15) is 12.4 Å². The molecule has 6 nitrogen and oxygen atoms in total. The molecule has 0 amide bonds. The van der Waals surface area contributed by atoms with Gasteiger partial charge in [0.05, 0.1) is 13.7 Å². The van der Waals surface area contributed by atoms with Crippen molar-refractivity contribution in [3.05, 3.63) is 48.2 Å². The zero-order valence-electron chi connectivity index (χ0n) is 19.6. The first kappa shape index (κ1) is 25.5. The summed E-state index contributed by atoms with van der Waals surface area (Å²) in [5.41, 5.74) is 0.924. The largest absolute Gasteiger partial charge is 0.493 e. The second kappa shape index (κ2) is 15.1. The topological polar surface area (TPSA) is 71.9 Å². The zero-order chi connectivity index (χ0) is 23.0. The van der Waals surface area contributed by atoms with E-state index in [-0.39, 0.29) is 6.42 Å². The van der Waals surface area contributed by atoms with Gasteiger partial charge in [0.25, 0.3) is 0 Å². The summed E-state index contributed by atoms with van der Waals surface area (Å²) in [6, 6.07) is 11.6. The van der Waals surface area contributed by atoms with Crippen LogP contribution >= 0.6 is 0 Å². The average molecular weight is 443 g/mol. The van der Waals surface area contributed by atoms with Crippen LogP contribution in [-0.4, -0.2) is 42.9 Å². The lowest BCUT2D eigenvalue weighted by atomic mass is 10.1. The summed E-state index contributed by atoms with van der Waals surface area (Å²) in [5, 5.41) is 8.93. The number of rotatable bonds is 17. The number of carbonyl (C=O) groups is 1. The predicted octanol–water partition coefficient (Wildman–Crippen LogP) is 5.74. The van der Waals surface area contributed by atoms with E-state index in [1.807, 2.05) is 42.6 Å². The fourth-order valence-corrected chi connectivity index (χ4v) is 3.65. The Balaban J connectivity index is 1.90. The highest BCUT2D eigenvalue weighted by molar-refractivity contribution is 5.67. The van der Waals surface area contributed by atoms with E-state index in [9.17, 15) is 4.79 Å². The highest BCUT2D eigenvalue weighted by atomic mass is 16.5. The van der Waals surface area contributed by atoms with E-state index in [1.54, 1.807) is 7.11 Å². The summed E-state index contributed by atoms with van der Waals surface area (Å²) in [6.45, 7) is 4.40. The van der Waals surface area contributed by atoms with Crippen molar-refractivity contribution in [2.75, 3.05) is 31.7 Å². The molecule has 1 aromatic heterocycles. The maximum Gasteiger partial charge on any atom is 0.303 e. The Bertz CT molecular complexity index is 783. The molecule has 2 aromatic rings. The van der Waals surface area contributed by atoms with Crippen LogP contribution < -0.4 is 14.4 Å². The van der Waals surface area contributed by atoms with Crippen molar-refractivity contribution in [1.29, 1.82) is 0 Å². The number of nitrogens with zero attached hydrogens (tertiary/aromatic N) is 2. The minimum Gasteiger partial charge on any atom is -0.493 e. The van der Waals surface area contributed by atoms with E-state index < -0.39 is 5.97 Å². The number of carboxylic acid groups (broad SMARTS) is 1. The van der Waals surface area contributed by atoms with Crippen LogP contribution in [0.4, 0.5) is 5.82 Å². The van der Waals surface area contributed by atoms with Gasteiger partial charge in [-0.1, -0.05) is 57.6 Å². The molecule has 6 heteroatoms. The van der Waals surface area contributed by atoms with Crippen LogP contribution in [0.5, 0.6) is 11.5 Å². The van der Waals surface area contributed by atoms with Crippen LogP contribution in [0.1, 0.15) is 63.9 Å². The third-order valence-electron chi connectivity index (χ3n) is 5.48. The van der Waals surface area contributed by atoms with Crippen molar-refractivity contribution in [3.8, 4) is 11.5 Å². The maximum atomic E-state index is 10.9. The Morgan fingerprint density at radius 1 is 1.00 bits per heavy atom. The number of unbranched alkanes of at least 4 members (excludes halogenated alkanes) is 6. The van der Waals surface area contributed by atoms with Gasteiger partial charge in [-0.25, -0.2) is 4.98 Å². The third kappa shape index (κ3) is 9.58. The van der Waals surface area contributed by atoms with Crippen LogP contribution in [0.25, 0.3) is 0 Å². The minimum atomic E-state index is -0.806. The SMILES string of the molecule is CCCCCCCCCN(CCOc1cc(CCC(=O)O)ccc1OC)c1ccccn1. The number of carboxylic acids is 1. The molecular weight excluding hydrogens is 404 g/mol. The Labute approximate surface area is 192 Å². The summed E-state index contributed by atoms with van der Waals surface area (Å²) < 4.78 is 11.5. The predicted molar refractivity (Wildman–Crippen MR) is 129 cm³/mol. The van der Waals surface area contributed by atoms with Gasteiger partial charge in [0, 0.05) is 19.2 Å². The van der Waals surface area contributed by atoms with Crippen LogP contribution in [0.2, 0.25) is 0 Å². The number of aromatic nitrogens is 1. The van der Waals surface area contributed by atoms with Gasteiger partial charge in [-0.3, -0.25) is 4.79 Å². The standard InChI is InChI=1S/C26H38N2O4/c1-3-4-5-6-7-8-11-18-28(25-12-9-10-17-27-25)19-20-32-24-21-22(14-16-26(29)30)13-15-23(24)31-2/h9-10,12-13,15,17,21H,3-8,11,14,16,18-20H2,1-2H3,(H,29,30). The van der Waals surface area contributed by atoms with E-state index in [1.165, 1.54) is 38.5 Å². The molecule has 2 rings (SSSR count). The lowest BCUT2D eigenvalue weighted by molar-refractivity contribution is -0.136. The van der Waals surface area contributed by atoms with Crippen LogP contribution in [0, 0.1) is 0 Å². The number of aliphatic carboxylic acids is 1. The molecule has 1 heterocycles. The molecule has 0 spiro atoms. The zero-order valence-corrected chi connectivity index (χ0v) is 19.6. The molecule has 0 saturated heterocycles. The van der Waals surface area contributed by atoms with E-state index in [0.29, 0.717) is 24.5 Å². The number of hydrogen-bond acceptors (Lipinski definition) is 5. The van der Waals surface area contributed by atoms with Crippen LogP contribution in [0.3, 0.4) is 0 Å². The molecule has 0 atom stereocenters. The minimum absolute atomic E-state index is 0.0949. The summed E-state index contributed by atoms with van der Waals surface area (Å²) in [4.78, 5) is 17.7. The molecule has 0 bridgehead atoms. The number of pyridine rings is 1. The Morgan fingerprint density at radius 2 is 1.78 bits per heavy atom. The summed E-state index contributed by atoms with van der Waals surface area (Å²) in [6.07, 6.45) is 11.3. The van der Waals surface area contributed by atoms with Gasteiger partial charge in [-0.15, -0.1) is 0 Å². The fraction of sp³-hybridized carbons (Fsp3) is 0.538. The first-order valence-electron chi connectivity index (χ1n) is 11.8. The van der Waals surface area contributed by atoms with Crippen molar-refractivity contribution in [3.63, 3.8) is 0 Å². The van der Waals surface area contributed by atoms with E-state index >= 15 is 0 Å². The number of aryl methyl sites for hydroxylation is 1. The molecule has 1 N–H and O–H groups in total. The third-order valence-corrected chi connectivity index (χ3v) is 5.48. The lowest BCUT2D eigenvalue weighted by Gasteiger charge is -2.24.